The molecular weight excluding hydrogens is 357 g/mol. The van der Waals surface area contributed by atoms with E-state index in [2.05, 4.69) is 43.9 Å². The largest absolute Gasteiger partial charge is 0.305 e. The third-order valence-electron chi connectivity index (χ3n) is 4.37. The molecule has 4 rings (SSSR count). The van der Waals surface area contributed by atoms with Crippen LogP contribution in [0.25, 0.3) is 22.5 Å². The monoisotopic (exact) mass is 375 g/mol. The minimum absolute atomic E-state index is 0.343. The van der Waals surface area contributed by atoms with Crippen LogP contribution >= 0.6 is 0 Å². The molecule has 6 nitrogen and oxygen atoms in total. The van der Waals surface area contributed by atoms with Crippen molar-refractivity contribution < 1.29 is 9.18 Å². The number of rotatable bonds is 4. The van der Waals surface area contributed by atoms with Gasteiger partial charge in [0, 0.05) is 17.2 Å². The van der Waals surface area contributed by atoms with Gasteiger partial charge in [-0.1, -0.05) is 17.2 Å². The van der Waals surface area contributed by atoms with Gasteiger partial charge < -0.3 is 5.32 Å². The zero-order valence-corrected chi connectivity index (χ0v) is 15.4. The van der Waals surface area contributed by atoms with Crippen molar-refractivity contribution in [3.05, 3.63) is 77.2 Å². The summed E-state index contributed by atoms with van der Waals surface area (Å²) in [7, 11) is 0. The molecule has 28 heavy (non-hydrogen) atoms. The molecule has 0 fully saturated rings. The molecule has 0 spiro atoms. The summed E-state index contributed by atoms with van der Waals surface area (Å²) in [6.07, 6.45) is 1.44. The number of anilines is 1. The number of benzene rings is 2. The molecular formula is C21H18FN5O. The number of nitrogens with one attached hydrogen (secondary N) is 3. The van der Waals surface area contributed by atoms with Gasteiger partial charge in [-0.25, -0.2) is 4.39 Å². The fourth-order valence-electron chi connectivity index (χ4n) is 3.14. The average molecular weight is 375 g/mol. The number of H-pyrrole nitrogens is 2. The Morgan fingerprint density at radius 3 is 2.39 bits per heavy atom. The first kappa shape index (κ1) is 17.7. The number of carbonyl (C=O) groups is 1. The van der Waals surface area contributed by atoms with Crippen molar-refractivity contribution in [1.29, 1.82) is 0 Å². The van der Waals surface area contributed by atoms with Gasteiger partial charge in [0.25, 0.3) is 5.91 Å². The van der Waals surface area contributed by atoms with Crippen LogP contribution in [0.15, 0.2) is 54.7 Å². The Labute approximate surface area is 160 Å². The molecule has 0 radical (unpaired) electrons. The van der Waals surface area contributed by atoms with E-state index in [1.165, 1.54) is 18.3 Å². The minimum Gasteiger partial charge on any atom is -0.305 e. The van der Waals surface area contributed by atoms with E-state index in [9.17, 15) is 9.18 Å². The van der Waals surface area contributed by atoms with Crippen LogP contribution in [0, 0.1) is 19.7 Å². The van der Waals surface area contributed by atoms with Gasteiger partial charge in [-0.15, -0.1) is 0 Å². The summed E-state index contributed by atoms with van der Waals surface area (Å²) in [5, 5.41) is 16.6. The van der Waals surface area contributed by atoms with Crippen LogP contribution in [0.1, 0.15) is 21.5 Å². The highest BCUT2D eigenvalue weighted by Gasteiger charge is 2.17. The summed E-state index contributed by atoms with van der Waals surface area (Å²) < 4.78 is 13.2. The molecule has 1 amide bonds. The molecule has 0 saturated carbocycles. The van der Waals surface area contributed by atoms with E-state index in [1.807, 2.05) is 13.8 Å². The second kappa shape index (κ2) is 7.11. The summed E-state index contributed by atoms with van der Waals surface area (Å²) in [6.45, 7) is 4.07. The van der Waals surface area contributed by atoms with Crippen LogP contribution < -0.4 is 5.32 Å². The molecule has 4 aromatic rings. The molecule has 3 N–H and O–H groups in total. The normalized spacial score (nSPS) is 10.8. The number of hydrogen-bond donors (Lipinski definition) is 3. The summed E-state index contributed by atoms with van der Waals surface area (Å²) in [6, 6.07) is 13.8. The van der Waals surface area contributed by atoms with Gasteiger partial charge in [-0.3, -0.25) is 15.0 Å². The third-order valence-corrected chi connectivity index (χ3v) is 4.37. The maximum absolute atomic E-state index is 13.2. The van der Waals surface area contributed by atoms with Gasteiger partial charge in [-0.05, 0) is 50.2 Å². The number of halogens is 1. The lowest BCUT2D eigenvalue weighted by molar-refractivity contribution is 0.102. The van der Waals surface area contributed by atoms with Gasteiger partial charge in [0.15, 0.2) is 5.82 Å². The number of hydrogen-bond acceptors (Lipinski definition) is 3. The molecule has 7 heteroatoms. The van der Waals surface area contributed by atoms with Crippen molar-refractivity contribution in [3.8, 4) is 22.5 Å². The van der Waals surface area contributed by atoms with E-state index in [0.29, 0.717) is 22.6 Å². The highest BCUT2D eigenvalue weighted by molar-refractivity contribution is 6.07. The molecule has 0 bridgehead atoms. The number of aromatic nitrogens is 4. The van der Waals surface area contributed by atoms with Crippen molar-refractivity contribution >= 4 is 11.7 Å². The maximum atomic E-state index is 13.2. The number of aromatic amines is 2. The Morgan fingerprint density at radius 2 is 1.68 bits per heavy atom. The van der Waals surface area contributed by atoms with Gasteiger partial charge in [0.2, 0.25) is 0 Å². The topological polar surface area (TPSA) is 86.5 Å². The summed E-state index contributed by atoms with van der Waals surface area (Å²) >= 11 is 0. The molecule has 0 aliphatic rings. The maximum Gasteiger partial charge on any atom is 0.260 e. The van der Waals surface area contributed by atoms with Crippen molar-refractivity contribution in [2.75, 3.05) is 5.32 Å². The van der Waals surface area contributed by atoms with Crippen LogP contribution in [0.3, 0.4) is 0 Å². The number of aryl methyl sites for hydroxylation is 2. The molecule has 2 aromatic heterocycles. The van der Waals surface area contributed by atoms with Crippen LogP contribution in [0.4, 0.5) is 10.2 Å². The molecule has 0 atom stereocenters. The average Bonchev–Trinajstić information content (AvgIpc) is 3.31. The predicted octanol–water partition coefficient (Wildman–Crippen LogP) is 4.48. The van der Waals surface area contributed by atoms with E-state index in [0.717, 1.165) is 22.4 Å². The summed E-state index contributed by atoms with van der Waals surface area (Å²) in [5.41, 5.74) is 5.65. The van der Waals surface area contributed by atoms with Crippen LogP contribution in [0.2, 0.25) is 0 Å². The molecule has 2 heterocycles. The molecule has 0 unspecified atom stereocenters. The Morgan fingerprint density at radius 1 is 0.964 bits per heavy atom. The zero-order chi connectivity index (χ0) is 19.7. The van der Waals surface area contributed by atoms with E-state index in [1.54, 1.807) is 18.2 Å². The molecule has 0 saturated heterocycles. The van der Waals surface area contributed by atoms with Crippen LogP contribution in [-0.2, 0) is 0 Å². The lowest BCUT2D eigenvalue weighted by Crippen LogP contribution is -2.12. The number of carbonyl (C=O) groups excluding carboxylic acids is 1. The standard InChI is InChI=1S/C21H18FN5O/c1-12-7-13(2)9-15(8-12)18-10-19(26-25-18)24-21(28)17-11-23-27-20(17)14-3-5-16(22)6-4-14/h3-11H,1-2H3,(H,23,27)(H2,24,25,26,28). The first-order valence-corrected chi connectivity index (χ1v) is 8.74. The third kappa shape index (κ3) is 3.55. The molecule has 0 aliphatic carbocycles. The molecule has 2 aromatic carbocycles. The number of nitrogens with zero attached hydrogens (tertiary/aromatic N) is 2. The van der Waals surface area contributed by atoms with E-state index < -0.39 is 0 Å². The van der Waals surface area contributed by atoms with Crippen LogP contribution in [-0.4, -0.2) is 26.3 Å². The van der Waals surface area contributed by atoms with Gasteiger partial charge in [0.1, 0.15) is 5.82 Å². The first-order chi connectivity index (χ1) is 13.5. The SMILES string of the molecule is Cc1cc(C)cc(-c2cc(NC(=O)c3cn[nH]c3-c3ccc(F)cc3)n[nH]2)c1. The van der Waals surface area contributed by atoms with Crippen LogP contribution in [0.5, 0.6) is 0 Å². The smallest absolute Gasteiger partial charge is 0.260 e. The highest BCUT2D eigenvalue weighted by Crippen LogP contribution is 2.24. The van der Waals surface area contributed by atoms with E-state index in [-0.39, 0.29) is 11.7 Å². The molecule has 0 aliphatic heterocycles. The van der Waals surface area contributed by atoms with E-state index in [4.69, 9.17) is 0 Å². The fraction of sp³-hybridized carbons (Fsp3) is 0.0952. The first-order valence-electron chi connectivity index (χ1n) is 8.74. The Kier molecular flexibility index (Phi) is 4.49. The van der Waals surface area contributed by atoms with Crippen molar-refractivity contribution in [2.24, 2.45) is 0 Å². The van der Waals surface area contributed by atoms with Gasteiger partial charge in [-0.2, -0.15) is 10.2 Å². The zero-order valence-electron chi connectivity index (χ0n) is 15.4. The lowest BCUT2D eigenvalue weighted by atomic mass is 10.1. The van der Waals surface area contributed by atoms with Crippen molar-refractivity contribution in [1.82, 2.24) is 20.4 Å². The Balaban J connectivity index is 1.56. The number of amides is 1. The quantitative estimate of drug-likeness (QED) is 0.492. The van der Waals surface area contributed by atoms with Gasteiger partial charge >= 0.3 is 0 Å². The predicted molar refractivity (Wildman–Crippen MR) is 105 cm³/mol. The minimum atomic E-state index is -0.355. The second-order valence-corrected chi connectivity index (χ2v) is 6.66. The van der Waals surface area contributed by atoms with E-state index >= 15 is 0 Å². The lowest BCUT2D eigenvalue weighted by Gasteiger charge is -2.04. The van der Waals surface area contributed by atoms with Crippen molar-refractivity contribution in [2.45, 2.75) is 13.8 Å². The Hall–Kier alpha value is -3.74. The van der Waals surface area contributed by atoms with Gasteiger partial charge in [0.05, 0.1) is 23.1 Å². The summed E-state index contributed by atoms with van der Waals surface area (Å²) in [5.74, 6) is -0.290. The Bertz CT molecular complexity index is 1120. The second-order valence-electron chi connectivity index (χ2n) is 6.66. The molecule has 140 valence electrons. The van der Waals surface area contributed by atoms with Crippen molar-refractivity contribution in [3.63, 3.8) is 0 Å². The highest BCUT2D eigenvalue weighted by atomic mass is 19.1. The fourth-order valence-corrected chi connectivity index (χ4v) is 3.14. The summed E-state index contributed by atoms with van der Waals surface area (Å²) in [4.78, 5) is 12.7.